The minimum absolute atomic E-state index is 0.227. The Balaban J connectivity index is 1.24. The third-order valence-electron chi connectivity index (χ3n) is 13.3. The van der Waals surface area contributed by atoms with E-state index >= 15 is 0 Å². The van der Waals surface area contributed by atoms with E-state index in [1.54, 1.807) is 6.42 Å². The summed E-state index contributed by atoms with van der Waals surface area (Å²) < 4.78 is 13.8. The lowest BCUT2D eigenvalue weighted by Gasteiger charge is -2.73. The number of benzene rings is 1. The van der Waals surface area contributed by atoms with Gasteiger partial charge < -0.3 is 9.47 Å². The highest BCUT2D eigenvalue weighted by atomic mass is 16.5. The molecule has 1 heterocycles. The minimum Gasteiger partial charge on any atom is -0.493 e. The molecule has 2 heteroatoms. The van der Waals surface area contributed by atoms with Crippen molar-refractivity contribution in [2.24, 2.45) is 75.9 Å². The van der Waals surface area contributed by atoms with E-state index in [1.807, 2.05) is 0 Å². The van der Waals surface area contributed by atoms with Gasteiger partial charge in [-0.05, 0) is 103 Å². The van der Waals surface area contributed by atoms with E-state index in [1.165, 1.54) is 25.7 Å². The summed E-state index contributed by atoms with van der Waals surface area (Å²) in [5, 5.41) is 0. The van der Waals surface area contributed by atoms with E-state index in [9.17, 15) is 0 Å². The summed E-state index contributed by atoms with van der Waals surface area (Å²) in [5.74, 6) is 12.2. The molecule has 1 saturated heterocycles. The summed E-state index contributed by atoms with van der Waals surface area (Å²) in [6.07, 6.45) is 7.57. The Morgan fingerprint density at radius 1 is 0.828 bits per heavy atom. The molecule has 1 aliphatic heterocycles. The first-order valence-corrected chi connectivity index (χ1v) is 12.7. The average molecular weight is 387 g/mol. The lowest BCUT2D eigenvalue weighted by atomic mass is 9.40. The Kier molecular flexibility index (Phi) is 2.08. The number of ether oxygens (including phenoxy) is 2. The van der Waals surface area contributed by atoms with Gasteiger partial charge in [0, 0.05) is 10.8 Å². The maximum Gasteiger partial charge on any atom is 0.119 e. The van der Waals surface area contributed by atoms with Crippen LogP contribution in [0, 0.1) is 75.9 Å². The molecule has 2 spiro atoms. The Morgan fingerprint density at radius 3 is 2.45 bits per heavy atom. The van der Waals surface area contributed by atoms with Crippen LogP contribution in [0.25, 0.3) is 0 Å². The molecule has 8 fully saturated rings. The zero-order valence-electron chi connectivity index (χ0n) is 17.0. The smallest absolute Gasteiger partial charge is 0.119 e. The fraction of sp³-hybridized carbons (Fsp3) is 0.778. The van der Waals surface area contributed by atoms with Crippen LogP contribution in [-0.4, -0.2) is 18.8 Å². The van der Waals surface area contributed by atoms with Crippen molar-refractivity contribution in [1.82, 2.24) is 0 Å². The number of hydrogen-bond donors (Lipinski definition) is 0. The molecule has 0 amide bonds. The summed E-state index contributed by atoms with van der Waals surface area (Å²) >= 11 is 0. The summed E-state index contributed by atoms with van der Waals surface area (Å²) in [6, 6.07) is 10.7. The van der Waals surface area contributed by atoms with E-state index in [4.69, 9.17) is 9.47 Å². The third kappa shape index (κ3) is 1.04. The molecule has 0 aromatic heterocycles. The van der Waals surface area contributed by atoms with Gasteiger partial charge in [0.15, 0.2) is 0 Å². The molecule has 9 rings (SSSR count). The van der Waals surface area contributed by atoms with Gasteiger partial charge in [-0.15, -0.1) is 0 Å². The maximum absolute atomic E-state index is 7.07. The minimum atomic E-state index is 0.227. The molecule has 0 unspecified atom stereocenters. The fourth-order valence-electron chi connectivity index (χ4n) is 14.2. The van der Waals surface area contributed by atoms with Crippen LogP contribution in [0.3, 0.4) is 0 Å². The van der Waals surface area contributed by atoms with Crippen LogP contribution in [0.15, 0.2) is 30.3 Å². The highest BCUT2D eigenvalue weighted by Gasteiger charge is 3.03. The molecule has 150 valence electrons. The molecule has 8 aliphatic rings. The van der Waals surface area contributed by atoms with Gasteiger partial charge in [-0.2, -0.15) is 0 Å². The van der Waals surface area contributed by atoms with Crippen molar-refractivity contribution in [3.8, 4) is 5.75 Å². The molecule has 0 radical (unpaired) electrons. The number of hydrogen-bond acceptors (Lipinski definition) is 2. The van der Waals surface area contributed by atoms with Crippen molar-refractivity contribution in [1.29, 1.82) is 0 Å². The van der Waals surface area contributed by atoms with Crippen LogP contribution >= 0.6 is 0 Å². The standard InChI is InChI=1S/C27H30O2/c1-2-5-13(6-3-1)28-11-25-21-14-7-4-8-15(14)22-19(21)20-23-16-9-10-17(18(16)24(20)25)27(25)26(22,23)12-29-27/h1-3,5-6,14-24H,4,7-12H2/t14-,15+,16+,17+,18-,19-,20+,21-,22-,23+,24+,25+,26-,27+/m1/s1. The lowest BCUT2D eigenvalue weighted by Crippen LogP contribution is -2.80. The van der Waals surface area contributed by atoms with Crippen LogP contribution in [0.1, 0.15) is 32.1 Å². The number of para-hydroxylation sites is 1. The van der Waals surface area contributed by atoms with E-state index in [2.05, 4.69) is 30.3 Å². The number of rotatable bonds is 3. The van der Waals surface area contributed by atoms with Crippen LogP contribution in [0.4, 0.5) is 0 Å². The monoisotopic (exact) mass is 386 g/mol. The quantitative estimate of drug-likeness (QED) is 0.753. The summed E-state index contributed by atoms with van der Waals surface area (Å²) in [4.78, 5) is 0. The summed E-state index contributed by atoms with van der Waals surface area (Å²) in [7, 11) is 0. The van der Waals surface area contributed by atoms with Gasteiger partial charge in [0.25, 0.3) is 0 Å². The summed E-state index contributed by atoms with van der Waals surface area (Å²) in [6.45, 7) is 2.09. The van der Waals surface area contributed by atoms with E-state index in [-0.39, 0.29) is 5.60 Å². The van der Waals surface area contributed by atoms with Gasteiger partial charge in [0.1, 0.15) is 5.75 Å². The third-order valence-corrected chi connectivity index (χ3v) is 13.3. The average Bonchev–Trinajstić information content (AvgIpc) is 3.48. The second-order valence-corrected chi connectivity index (χ2v) is 12.6. The van der Waals surface area contributed by atoms with Crippen molar-refractivity contribution in [2.75, 3.05) is 13.2 Å². The molecule has 29 heavy (non-hydrogen) atoms. The lowest BCUT2D eigenvalue weighted by molar-refractivity contribution is -0.393. The first-order chi connectivity index (χ1) is 14.4. The Bertz CT molecular complexity index is 974. The number of fused-ring (bicyclic) bond motifs is 10. The second kappa shape index (κ2) is 4.06. The molecule has 0 N–H and O–H groups in total. The second-order valence-electron chi connectivity index (χ2n) is 12.6. The first-order valence-electron chi connectivity index (χ1n) is 12.7. The molecule has 0 bridgehead atoms. The van der Waals surface area contributed by atoms with Crippen molar-refractivity contribution >= 4 is 0 Å². The molecule has 1 aromatic carbocycles. The van der Waals surface area contributed by atoms with Gasteiger partial charge in [0.05, 0.1) is 18.8 Å². The van der Waals surface area contributed by atoms with Crippen molar-refractivity contribution in [3.63, 3.8) is 0 Å². The zero-order chi connectivity index (χ0) is 18.3. The highest BCUT2D eigenvalue weighted by Crippen LogP contribution is 3.01. The van der Waals surface area contributed by atoms with Crippen LogP contribution in [0.5, 0.6) is 5.75 Å². The van der Waals surface area contributed by atoms with Gasteiger partial charge >= 0.3 is 0 Å². The van der Waals surface area contributed by atoms with E-state index in [0.717, 1.165) is 84.1 Å². The van der Waals surface area contributed by atoms with Crippen LogP contribution in [0.2, 0.25) is 0 Å². The van der Waals surface area contributed by atoms with Gasteiger partial charge in [0.2, 0.25) is 0 Å². The summed E-state index contributed by atoms with van der Waals surface area (Å²) in [5.41, 5.74) is 1.17. The van der Waals surface area contributed by atoms with Crippen molar-refractivity contribution < 1.29 is 9.47 Å². The van der Waals surface area contributed by atoms with Crippen LogP contribution < -0.4 is 4.74 Å². The Hall–Kier alpha value is -1.02. The van der Waals surface area contributed by atoms with E-state index in [0.29, 0.717) is 10.8 Å². The molecule has 14 atom stereocenters. The largest absolute Gasteiger partial charge is 0.493 e. The van der Waals surface area contributed by atoms with Gasteiger partial charge in [-0.3, -0.25) is 0 Å². The highest BCUT2D eigenvalue weighted by molar-refractivity contribution is 5.50. The van der Waals surface area contributed by atoms with Crippen molar-refractivity contribution in [3.05, 3.63) is 30.3 Å². The molecule has 1 aromatic rings. The van der Waals surface area contributed by atoms with E-state index < -0.39 is 0 Å². The Labute approximate surface area is 172 Å². The molecular weight excluding hydrogens is 356 g/mol. The maximum atomic E-state index is 7.07. The molecule has 7 saturated carbocycles. The predicted octanol–water partition coefficient (Wildman–Crippen LogP) is 4.64. The van der Waals surface area contributed by atoms with Gasteiger partial charge in [-0.25, -0.2) is 0 Å². The Morgan fingerprint density at radius 2 is 1.62 bits per heavy atom. The molecule has 2 nitrogen and oxygen atoms in total. The molecular formula is C27H30O2. The SMILES string of the molecule is c1ccc(OC[C@@]23[C@@H]4[C@H]5[C@@H]6[C@H]2[C@@H]2CCC[C@@H]2[C@H]6[C@@]26CO[C@@]32[C@H]2CC[C@@H]([C@@H]42)[C@@H]56)cc1. The van der Waals surface area contributed by atoms with Gasteiger partial charge in [-0.1, -0.05) is 24.6 Å². The normalized spacial score (nSPS) is 69.3. The zero-order valence-corrected chi connectivity index (χ0v) is 17.0. The molecule has 7 aliphatic carbocycles. The first kappa shape index (κ1) is 14.9. The topological polar surface area (TPSA) is 18.5 Å². The van der Waals surface area contributed by atoms with Crippen molar-refractivity contribution in [2.45, 2.75) is 37.7 Å². The predicted molar refractivity (Wildman–Crippen MR) is 107 cm³/mol. The van der Waals surface area contributed by atoms with Crippen LogP contribution in [-0.2, 0) is 4.74 Å². The fourth-order valence-corrected chi connectivity index (χ4v) is 14.2.